The van der Waals surface area contributed by atoms with Crippen molar-refractivity contribution >= 4 is 12.2 Å². The third-order valence-corrected chi connectivity index (χ3v) is 7.28. The topological polar surface area (TPSA) is 47.1 Å². The summed E-state index contributed by atoms with van der Waals surface area (Å²) in [5.41, 5.74) is 4.72. The lowest BCUT2D eigenvalue weighted by atomic mass is 10.0. The highest BCUT2D eigenvalue weighted by molar-refractivity contribution is 5.74. The molecule has 2 unspecified atom stereocenters. The molecule has 0 aliphatic carbocycles. The van der Waals surface area contributed by atoms with Crippen LogP contribution in [0.5, 0.6) is 0 Å². The van der Waals surface area contributed by atoms with Gasteiger partial charge in [0.2, 0.25) is 5.91 Å². The van der Waals surface area contributed by atoms with Crippen LogP contribution in [0.3, 0.4) is 0 Å². The Morgan fingerprint density at radius 2 is 1.41 bits per heavy atom. The molecule has 2 atom stereocenters. The van der Waals surface area contributed by atoms with Gasteiger partial charge in [-0.25, -0.2) is 0 Å². The number of piperazine rings is 2. The molecule has 0 spiro atoms. The van der Waals surface area contributed by atoms with Crippen LogP contribution < -0.4 is 0 Å². The van der Waals surface area contributed by atoms with Gasteiger partial charge in [-0.15, -0.1) is 0 Å². The van der Waals surface area contributed by atoms with Gasteiger partial charge < -0.3 is 4.90 Å². The summed E-state index contributed by atoms with van der Waals surface area (Å²) in [7, 11) is 0. The van der Waals surface area contributed by atoms with Crippen molar-refractivity contribution in [1.82, 2.24) is 19.6 Å². The monoisotopic (exact) mass is 462 g/mol. The molecule has 2 aliphatic rings. The van der Waals surface area contributed by atoms with Crippen molar-refractivity contribution in [3.8, 4) is 0 Å². The Kier molecular flexibility index (Phi) is 8.14. The van der Waals surface area contributed by atoms with Crippen molar-refractivity contribution < 1.29 is 9.59 Å². The molecule has 2 aromatic carbocycles. The predicted octanol–water partition coefficient (Wildman–Crippen LogP) is 3.26. The maximum absolute atomic E-state index is 11.6. The molecule has 6 nitrogen and oxygen atoms in total. The van der Waals surface area contributed by atoms with Gasteiger partial charge in [-0.2, -0.15) is 0 Å². The zero-order valence-electron chi connectivity index (χ0n) is 20.8. The second kappa shape index (κ2) is 11.3. The van der Waals surface area contributed by atoms with E-state index in [4.69, 9.17) is 0 Å². The average molecular weight is 463 g/mol. The number of rotatable bonds is 7. The normalized spacial score (nSPS) is 22.6. The Morgan fingerprint density at radius 1 is 0.824 bits per heavy atom. The van der Waals surface area contributed by atoms with Crippen LogP contribution in [0.15, 0.2) is 48.5 Å². The first kappa shape index (κ1) is 24.6. The minimum atomic E-state index is 0.181. The van der Waals surface area contributed by atoms with Gasteiger partial charge in [0.15, 0.2) is 0 Å². The zero-order chi connectivity index (χ0) is 24.1. The molecule has 2 saturated heterocycles. The Morgan fingerprint density at radius 3 is 2.00 bits per heavy atom. The van der Waals surface area contributed by atoms with E-state index in [1.807, 2.05) is 17.0 Å². The van der Waals surface area contributed by atoms with E-state index in [9.17, 15) is 9.59 Å². The van der Waals surface area contributed by atoms with E-state index in [1.54, 1.807) is 6.92 Å². The number of aldehydes is 1. The predicted molar refractivity (Wildman–Crippen MR) is 136 cm³/mol. The summed E-state index contributed by atoms with van der Waals surface area (Å²) in [6.45, 7) is 14.8. The molecule has 2 heterocycles. The number of hydrogen-bond acceptors (Lipinski definition) is 5. The maximum atomic E-state index is 11.6. The fourth-order valence-corrected chi connectivity index (χ4v) is 5.38. The summed E-state index contributed by atoms with van der Waals surface area (Å²) in [5, 5.41) is 0. The number of amides is 1. The quantitative estimate of drug-likeness (QED) is 0.591. The Bertz CT molecular complexity index is 957. The van der Waals surface area contributed by atoms with Crippen LogP contribution in [0, 0.1) is 0 Å². The smallest absolute Gasteiger partial charge is 0.219 e. The highest BCUT2D eigenvalue weighted by Crippen LogP contribution is 2.22. The Labute approximate surface area is 204 Å². The van der Waals surface area contributed by atoms with Crippen molar-refractivity contribution in [3.05, 3.63) is 70.8 Å². The number of benzene rings is 2. The maximum Gasteiger partial charge on any atom is 0.219 e. The highest BCUT2D eigenvalue weighted by Gasteiger charge is 2.29. The van der Waals surface area contributed by atoms with Gasteiger partial charge in [-0.3, -0.25) is 24.3 Å². The van der Waals surface area contributed by atoms with Gasteiger partial charge in [0, 0.05) is 83.5 Å². The van der Waals surface area contributed by atoms with Gasteiger partial charge in [0.25, 0.3) is 0 Å². The minimum absolute atomic E-state index is 0.181. The van der Waals surface area contributed by atoms with Crippen molar-refractivity contribution in [3.63, 3.8) is 0 Å². The van der Waals surface area contributed by atoms with Gasteiger partial charge in [-0.1, -0.05) is 48.5 Å². The van der Waals surface area contributed by atoms with Gasteiger partial charge in [0.1, 0.15) is 6.29 Å². The van der Waals surface area contributed by atoms with E-state index < -0.39 is 0 Å². The second-order valence-corrected chi connectivity index (χ2v) is 10.0. The molecule has 0 aromatic heterocycles. The Hall–Kier alpha value is -2.54. The molecule has 34 heavy (non-hydrogen) atoms. The average Bonchev–Trinajstić information content (AvgIpc) is 2.82. The molecule has 6 heteroatoms. The van der Waals surface area contributed by atoms with Gasteiger partial charge in [-0.05, 0) is 30.5 Å². The van der Waals surface area contributed by atoms with Crippen LogP contribution in [-0.4, -0.2) is 83.1 Å². The first-order valence-electron chi connectivity index (χ1n) is 12.5. The number of hydrogen-bond donors (Lipinski definition) is 0. The SMILES string of the molecule is CC(=O)N1CCN(Cc2cccc(CN3C(C)CN(Cc4ccc(C=O)cc4)CC3C)c2)CC1. The van der Waals surface area contributed by atoms with E-state index >= 15 is 0 Å². The van der Waals surface area contributed by atoms with Crippen molar-refractivity contribution in [1.29, 1.82) is 0 Å². The summed E-state index contributed by atoms with van der Waals surface area (Å²) in [4.78, 5) is 32.0. The van der Waals surface area contributed by atoms with Crippen LogP contribution in [0.1, 0.15) is 47.8 Å². The fraction of sp³-hybridized carbons (Fsp3) is 0.500. The van der Waals surface area contributed by atoms with Crippen LogP contribution >= 0.6 is 0 Å². The second-order valence-electron chi connectivity index (χ2n) is 10.0. The molecular weight excluding hydrogens is 424 g/mol. The molecule has 4 rings (SSSR count). The molecule has 0 saturated carbocycles. The Balaban J connectivity index is 1.31. The molecule has 182 valence electrons. The van der Waals surface area contributed by atoms with Crippen LogP contribution in [0.25, 0.3) is 0 Å². The van der Waals surface area contributed by atoms with Crippen LogP contribution in [0.4, 0.5) is 0 Å². The molecule has 0 bridgehead atoms. The van der Waals surface area contributed by atoms with Crippen molar-refractivity contribution in [2.45, 2.75) is 52.5 Å². The molecule has 2 aromatic rings. The highest BCUT2D eigenvalue weighted by atomic mass is 16.2. The van der Waals surface area contributed by atoms with Gasteiger partial charge >= 0.3 is 0 Å². The largest absolute Gasteiger partial charge is 0.340 e. The fourth-order valence-electron chi connectivity index (χ4n) is 5.38. The summed E-state index contributed by atoms with van der Waals surface area (Å²) in [5.74, 6) is 0.181. The van der Waals surface area contributed by atoms with Crippen molar-refractivity contribution in [2.24, 2.45) is 0 Å². The molecule has 0 radical (unpaired) electrons. The van der Waals surface area contributed by atoms with E-state index in [-0.39, 0.29) is 5.91 Å². The van der Waals surface area contributed by atoms with Crippen LogP contribution in [0.2, 0.25) is 0 Å². The van der Waals surface area contributed by atoms with E-state index in [1.165, 1.54) is 16.7 Å². The van der Waals surface area contributed by atoms with E-state index in [0.717, 1.165) is 70.8 Å². The van der Waals surface area contributed by atoms with Gasteiger partial charge in [0.05, 0.1) is 0 Å². The summed E-state index contributed by atoms with van der Waals surface area (Å²) in [6.07, 6.45) is 0.899. The minimum Gasteiger partial charge on any atom is -0.340 e. The lowest BCUT2D eigenvalue weighted by Crippen LogP contribution is -2.55. The first-order valence-corrected chi connectivity index (χ1v) is 12.5. The third kappa shape index (κ3) is 6.32. The van der Waals surface area contributed by atoms with Crippen LogP contribution in [-0.2, 0) is 24.4 Å². The number of carbonyl (C=O) groups is 2. The molecule has 2 aliphatic heterocycles. The lowest BCUT2D eigenvalue weighted by Gasteiger charge is -2.44. The molecular formula is C28H38N4O2. The standard InChI is InChI=1S/C28H38N4O2/c1-22-16-30(18-25-7-9-26(21-33)10-8-25)17-23(2)32(22)20-28-6-4-5-27(15-28)19-29-11-13-31(14-12-29)24(3)34/h4-10,15,21-23H,11-14,16-20H2,1-3H3. The summed E-state index contributed by atoms with van der Waals surface area (Å²) >= 11 is 0. The zero-order valence-corrected chi connectivity index (χ0v) is 20.8. The van der Waals surface area contributed by atoms with E-state index in [0.29, 0.717) is 12.1 Å². The molecule has 0 N–H and O–H groups in total. The third-order valence-electron chi connectivity index (χ3n) is 7.28. The van der Waals surface area contributed by atoms with Crippen molar-refractivity contribution in [2.75, 3.05) is 39.3 Å². The number of nitrogens with zero attached hydrogens (tertiary/aromatic N) is 4. The summed E-state index contributed by atoms with van der Waals surface area (Å²) < 4.78 is 0. The van der Waals surface area contributed by atoms with E-state index in [2.05, 4.69) is 64.9 Å². The summed E-state index contributed by atoms with van der Waals surface area (Å²) in [6, 6.07) is 17.9. The lowest BCUT2D eigenvalue weighted by molar-refractivity contribution is -0.130. The first-order chi connectivity index (χ1) is 16.4. The molecule has 1 amide bonds. The molecule has 2 fully saturated rings. The number of carbonyl (C=O) groups excluding carboxylic acids is 2.